The third kappa shape index (κ3) is 2.22. The van der Waals surface area contributed by atoms with Crippen LogP contribution in [0.25, 0.3) is 0 Å². The average Bonchev–Trinajstić information content (AvgIpc) is 2.59. The van der Waals surface area contributed by atoms with Crippen molar-refractivity contribution < 1.29 is 0 Å². The maximum atomic E-state index is 4.48. The molecule has 1 aromatic rings. The summed E-state index contributed by atoms with van der Waals surface area (Å²) in [7, 11) is 0. The molecule has 0 fully saturated rings. The van der Waals surface area contributed by atoms with Gasteiger partial charge in [-0.1, -0.05) is 32.9 Å². The summed E-state index contributed by atoms with van der Waals surface area (Å²) in [5.74, 6) is 0. The van der Waals surface area contributed by atoms with E-state index in [2.05, 4.69) is 37.0 Å². The summed E-state index contributed by atoms with van der Waals surface area (Å²) in [6.07, 6.45) is 2.14. The molecule has 1 aliphatic heterocycles. The van der Waals surface area contributed by atoms with Gasteiger partial charge in [-0.05, 0) is 30.5 Å². The van der Waals surface area contributed by atoms with Gasteiger partial charge in [-0.2, -0.15) is 0 Å². The zero-order valence-electron chi connectivity index (χ0n) is 9.59. The maximum Gasteiger partial charge on any atom is 0.0667 e. The second-order valence-corrected chi connectivity index (χ2v) is 3.34. The Morgan fingerprint density at radius 3 is 2.64 bits per heavy atom. The molecule has 1 heteroatoms. The van der Waals surface area contributed by atoms with E-state index < -0.39 is 0 Å². The lowest BCUT2D eigenvalue weighted by molar-refractivity contribution is 1.13. The van der Waals surface area contributed by atoms with Crippen molar-refractivity contribution in [1.82, 2.24) is 0 Å². The van der Waals surface area contributed by atoms with Crippen molar-refractivity contribution >= 4 is 11.4 Å². The molecular formula is C13H19N. The summed E-state index contributed by atoms with van der Waals surface area (Å²) in [5.41, 5.74) is 5.18. The third-order valence-electron chi connectivity index (χ3n) is 2.32. The molecule has 0 amide bonds. The molecule has 1 aromatic carbocycles. The van der Waals surface area contributed by atoms with Crippen molar-refractivity contribution in [3.8, 4) is 0 Å². The molecule has 1 nitrogen and oxygen atoms in total. The van der Waals surface area contributed by atoms with Crippen LogP contribution >= 0.6 is 0 Å². The quantitative estimate of drug-likeness (QED) is 0.635. The zero-order valence-corrected chi connectivity index (χ0v) is 9.59. The van der Waals surface area contributed by atoms with Crippen LogP contribution in [0.4, 0.5) is 5.69 Å². The highest BCUT2D eigenvalue weighted by atomic mass is 14.8. The van der Waals surface area contributed by atoms with Crippen LogP contribution in [0.1, 0.15) is 38.8 Å². The topological polar surface area (TPSA) is 12.4 Å². The second-order valence-electron chi connectivity index (χ2n) is 3.34. The molecule has 0 saturated heterocycles. The predicted molar refractivity (Wildman–Crippen MR) is 63.6 cm³/mol. The van der Waals surface area contributed by atoms with Crippen molar-refractivity contribution in [3.63, 3.8) is 0 Å². The summed E-state index contributed by atoms with van der Waals surface area (Å²) in [5, 5.41) is 0. The number of hydrogen-bond donors (Lipinski definition) is 0. The Hall–Kier alpha value is -1.11. The molecule has 0 aromatic heterocycles. The van der Waals surface area contributed by atoms with Gasteiger partial charge in [0.2, 0.25) is 0 Å². The van der Waals surface area contributed by atoms with E-state index in [0.29, 0.717) is 0 Å². The first kappa shape index (κ1) is 11.0. The van der Waals surface area contributed by atoms with Crippen LogP contribution < -0.4 is 0 Å². The average molecular weight is 189 g/mol. The molecule has 0 aliphatic carbocycles. The van der Waals surface area contributed by atoms with Crippen molar-refractivity contribution in [3.05, 3.63) is 29.3 Å². The van der Waals surface area contributed by atoms with Gasteiger partial charge in [-0.3, -0.25) is 4.99 Å². The molecule has 0 atom stereocenters. The second kappa shape index (κ2) is 4.94. The Labute approximate surface area is 86.9 Å². The Morgan fingerprint density at radius 1 is 1.29 bits per heavy atom. The number of aliphatic imine (C=N–C) groups is 1. The minimum absolute atomic E-state index is 1.04. The van der Waals surface area contributed by atoms with E-state index in [1.807, 2.05) is 13.8 Å². The Balaban J connectivity index is 0.000000461. The monoisotopic (exact) mass is 189 g/mol. The molecule has 1 aliphatic rings. The first-order chi connectivity index (χ1) is 6.79. The van der Waals surface area contributed by atoms with Gasteiger partial charge in [0.1, 0.15) is 0 Å². The van der Waals surface area contributed by atoms with Crippen LogP contribution in [-0.4, -0.2) is 5.71 Å². The molecule has 0 N–H and O–H groups in total. The van der Waals surface area contributed by atoms with Crippen molar-refractivity contribution in [2.45, 2.75) is 40.5 Å². The van der Waals surface area contributed by atoms with E-state index >= 15 is 0 Å². The minimum Gasteiger partial charge on any atom is -0.257 e. The van der Waals surface area contributed by atoms with E-state index in [0.717, 1.165) is 12.8 Å². The summed E-state index contributed by atoms with van der Waals surface area (Å²) in [4.78, 5) is 4.48. The molecule has 14 heavy (non-hydrogen) atoms. The summed E-state index contributed by atoms with van der Waals surface area (Å²) < 4.78 is 0. The molecule has 76 valence electrons. The standard InChI is InChI=1S/C11H13N.C2H6/c1-3-9-4-5-10-6-8(2)12-11(10)7-9;1-2/h4-5,7H,3,6H2,1-2H3;1-2H3. The number of rotatable bonds is 1. The van der Waals surface area contributed by atoms with Gasteiger partial charge >= 0.3 is 0 Å². The van der Waals surface area contributed by atoms with E-state index in [1.54, 1.807) is 0 Å². The number of aryl methyl sites for hydroxylation is 1. The summed E-state index contributed by atoms with van der Waals surface area (Å²) >= 11 is 0. The van der Waals surface area contributed by atoms with Crippen molar-refractivity contribution in [1.29, 1.82) is 0 Å². The van der Waals surface area contributed by atoms with Crippen LogP contribution in [0.15, 0.2) is 23.2 Å². The molecule has 1 heterocycles. The van der Waals surface area contributed by atoms with Gasteiger partial charge in [0.25, 0.3) is 0 Å². The minimum atomic E-state index is 1.04. The lowest BCUT2D eigenvalue weighted by Crippen LogP contribution is -1.88. The smallest absolute Gasteiger partial charge is 0.0667 e. The summed E-state index contributed by atoms with van der Waals surface area (Å²) in [6, 6.07) is 6.60. The van der Waals surface area contributed by atoms with E-state index in [4.69, 9.17) is 0 Å². The van der Waals surface area contributed by atoms with E-state index in [-0.39, 0.29) is 0 Å². The lowest BCUT2D eigenvalue weighted by atomic mass is 10.1. The highest BCUT2D eigenvalue weighted by molar-refractivity contribution is 5.92. The fourth-order valence-electron chi connectivity index (χ4n) is 1.60. The molecule has 0 spiro atoms. The molecule has 0 unspecified atom stereocenters. The Morgan fingerprint density at radius 2 is 2.00 bits per heavy atom. The molecule has 0 saturated carbocycles. The predicted octanol–water partition coefficient (Wildman–Crippen LogP) is 3.92. The molecular weight excluding hydrogens is 170 g/mol. The van der Waals surface area contributed by atoms with Crippen LogP contribution in [0.3, 0.4) is 0 Å². The maximum absolute atomic E-state index is 4.48. The van der Waals surface area contributed by atoms with Gasteiger partial charge < -0.3 is 0 Å². The third-order valence-corrected chi connectivity index (χ3v) is 2.32. The van der Waals surface area contributed by atoms with Gasteiger partial charge in [-0.25, -0.2) is 0 Å². The van der Waals surface area contributed by atoms with Gasteiger partial charge in [0, 0.05) is 12.1 Å². The number of hydrogen-bond acceptors (Lipinski definition) is 1. The zero-order chi connectivity index (χ0) is 10.6. The van der Waals surface area contributed by atoms with Gasteiger partial charge in [0.05, 0.1) is 5.69 Å². The fraction of sp³-hybridized carbons (Fsp3) is 0.462. The number of fused-ring (bicyclic) bond motifs is 1. The lowest BCUT2D eigenvalue weighted by Gasteiger charge is -1.99. The molecule has 0 bridgehead atoms. The highest BCUT2D eigenvalue weighted by Gasteiger charge is 2.10. The first-order valence-electron chi connectivity index (χ1n) is 5.45. The fourth-order valence-corrected chi connectivity index (χ4v) is 1.60. The Bertz CT molecular complexity index is 337. The van der Waals surface area contributed by atoms with Crippen molar-refractivity contribution in [2.75, 3.05) is 0 Å². The van der Waals surface area contributed by atoms with E-state index in [9.17, 15) is 0 Å². The highest BCUT2D eigenvalue weighted by Crippen LogP contribution is 2.27. The van der Waals surface area contributed by atoms with Crippen LogP contribution in [-0.2, 0) is 12.8 Å². The normalized spacial score (nSPS) is 12.7. The number of nitrogens with zero attached hydrogens (tertiary/aromatic N) is 1. The van der Waals surface area contributed by atoms with Gasteiger partial charge in [-0.15, -0.1) is 0 Å². The molecule has 0 radical (unpaired) electrons. The molecule has 2 rings (SSSR count). The van der Waals surface area contributed by atoms with E-state index in [1.165, 1.54) is 22.5 Å². The largest absolute Gasteiger partial charge is 0.257 e. The first-order valence-corrected chi connectivity index (χ1v) is 5.45. The summed E-state index contributed by atoms with van der Waals surface area (Å²) in [6.45, 7) is 8.26. The number of benzene rings is 1. The Kier molecular flexibility index (Phi) is 3.87. The SMILES string of the molecule is CC.CCc1ccc2c(c1)N=C(C)C2. The van der Waals surface area contributed by atoms with Crippen LogP contribution in [0.5, 0.6) is 0 Å². The van der Waals surface area contributed by atoms with Crippen LogP contribution in [0.2, 0.25) is 0 Å². The van der Waals surface area contributed by atoms with Crippen molar-refractivity contribution in [2.24, 2.45) is 4.99 Å². The van der Waals surface area contributed by atoms with Crippen LogP contribution in [0, 0.1) is 0 Å². The van der Waals surface area contributed by atoms with Gasteiger partial charge in [0.15, 0.2) is 0 Å².